The van der Waals surface area contributed by atoms with Crippen LogP contribution in [0.15, 0.2) is 54.6 Å². The molecule has 1 atom stereocenters. The smallest absolute Gasteiger partial charge is 0.120 e. The minimum absolute atomic E-state index is 0.0554. The number of para-hydroxylation sites is 2. The molecule has 1 aromatic heterocycles. The first-order valence-corrected chi connectivity index (χ1v) is 5.96. The number of hydrogen-bond acceptors (Lipinski definition) is 3. The van der Waals surface area contributed by atoms with Crippen LogP contribution in [0, 0.1) is 0 Å². The van der Waals surface area contributed by atoms with Crippen LogP contribution in [0.25, 0.3) is 11.0 Å². The van der Waals surface area contributed by atoms with Gasteiger partial charge >= 0.3 is 0 Å². The Bertz CT molecular complexity index is 645. The third kappa shape index (κ3) is 1.93. The standard InChI is InChI=1S/C14H14N4/c1-11(15-12-7-3-2-4-8-12)18-14-10-6-5-9-13(14)16-17-18/h2-11,15H,1H3. The first-order valence-electron chi connectivity index (χ1n) is 5.96. The summed E-state index contributed by atoms with van der Waals surface area (Å²) < 4.78 is 1.89. The van der Waals surface area contributed by atoms with Crippen molar-refractivity contribution in [1.29, 1.82) is 0 Å². The minimum Gasteiger partial charge on any atom is -0.364 e. The lowest BCUT2D eigenvalue weighted by molar-refractivity contribution is 0.542. The number of benzene rings is 2. The average molecular weight is 238 g/mol. The van der Waals surface area contributed by atoms with Gasteiger partial charge in [-0.15, -0.1) is 5.10 Å². The molecule has 1 heterocycles. The van der Waals surface area contributed by atoms with Crippen molar-refractivity contribution in [1.82, 2.24) is 15.0 Å². The molecule has 0 saturated carbocycles. The summed E-state index contributed by atoms with van der Waals surface area (Å²) >= 11 is 0. The van der Waals surface area contributed by atoms with E-state index in [0.717, 1.165) is 16.7 Å². The zero-order valence-electron chi connectivity index (χ0n) is 10.1. The van der Waals surface area contributed by atoms with Crippen LogP contribution in [0.5, 0.6) is 0 Å². The van der Waals surface area contributed by atoms with Gasteiger partial charge in [-0.2, -0.15) is 0 Å². The lowest BCUT2D eigenvalue weighted by Gasteiger charge is -2.15. The van der Waals surface area contributed by atoms with E-state index < -0.39 is 0 Å². The van der Waals surface area contributed by atoms with Gasteiger partial charge in [0, 0.05) is 5.69 Å². The van der Waals surface area contributed by atoms with Crippen LogP contribution in [0.4, 0.5) is 5.69 Å². The molecule has 0 spiro atoms. The summed E-state index contributed by atoms with van der Waals surface area (Å²) in [5, 5.41) is 11.7. The Kier molecular flexibility index (Phi) is 2.68. The molecule has 4 nitrogen and oxygen atoms in total. The zero-order valence-corrected chi connectivity index (χ0v) is 10.1. The van der Waals surface area contributed by atoms with E-state index in [1.165, 1.54) is 0 Å². The van der Waals surface area contributed by atoms with Crippen LogP contribution >= 0.6 is 0 Å². The summed E-state index contributed by atoms with van der Waals surface area (Å²) in [5.74, 6) is 0. The SMILES string of the molecule is CC(Nc1ccccc1)n1nnc2ccccc21. The van der Waals surface area contributed by atoms with Crippen molar-refractivity contribution in [2.75, 3.05) is 5.32 Å². The van der Waals surface area contributed by atoms with Crippen molar-refractivity contribution in [2.24, 2.45) is 0 Å². The van der Waals surface area contributed by atoms with Crippen LogP contribution in [0.2, 0.25) is 0 Å². The first kappa shape index (κ1) is 10.8. The Balaban J connectivity index is 1.90. The van der Waals surface area contributed by atoms with E-state index in [4.69, 9.17) is 0 Å². The van der Waals surface area contributed by atoms with E-state index in [1.807, 2.05) is 59.3 Å². The quantitative estimate of drug-likeness (QED) is 0.762. The highest BCUT2D eigenvalue weighted by molar-refractivity contribution is 5.74. The van der Waals surface area contributed by atoms with Gasteiger partial charge in [-0.05, 0) is 31.2 Å². The second-order valence-corrected chi connectivity index (χ2v) is 4.21. The summed E-state index contributed by atoms with van der Waals surface area (Å²) in [6.45, 7) is 2.06. The third-order valence-electron chi connectivity index (χ3n) is 2.89. The molecule has 0 bridgehead atoms. The Hall–Kier alpha value is -2.36. The van der Waals surface area contributed by atoms with Crippen molar-refractivity contribution in [2.45, 2.75) is 13.1 Å². The molecule has 0 aliphatic carbocycles. The van der Waals surface area contributed by atoms with E-state index in [2.05, 4.69) is 22.6 Å². The van der Waals surface area contributed by atoms with E-state index >= 15 is 0 Å². The predicted octanol–water partition coefficient (Wildman–Crippen LogP) is 3.06. The van der Waals surface area contributed by atoms with E-state index in [9.17, 15) is 0 Å². The summed E-state index contributed by atoms with van der Waals surface area (Å²) in [6.07, 6.45) is 0.0554. The van der Waals surface area contributed by atoms with Crippen molar-refractivity contribution in [3.8, 4) is 0 Å². The number of rotatable bonds is 3. The molecule has 0 radical (unpaired) electrons. The molecule has 18 heavy (non-hydrogen) atoms. The Morgan fingerprint density at radius 3 is 2.56 bits per heavy atom. The van der Waals surface area contributed by atoms with Crippen LogP contribution in [0.1, 0.15) is 13.1 Å². The molecular weight excluding hydrogens is 224 g/mol. The largest absolute Gasteiger partial charge is 0.364 e. The van der Waals surface area contributed by atoms with Gasteiger partial charge in [-0.3, -0.25) is 0 Å². The monoisotopic (exact) mass is 238 g/mol. The number of aromatic nitrogens is 3. The van der Waals surface area contributed by atoms with Gasteiger partial charge in [-0.25, -0.2) is 4.68 Å². The van der Waals surface area contributed by atoms with E-state index in [1.54, 1.807) is 0 Å². The Morgan fingerprint density at radius 1 is 1.00 bits per heavy atom. The molecule has 0 aliphatic rings. The highest BCUT2D eigenvalue weighted by Crippen LogP contribution is 2.17. The Morgan fingerprint density at radius 2 is 1.72 bits per heavy atom. The second kappa shape index (κ2) is 4.49. The van der Waals surface area contributed by atoms with Gasteiger partial charge < -0.3 is 5.32 Å². The topological polar surface area (TPSA) is 42.7 Å². The van der Waals surface area contributed by atoms with Crippen LogP contribution < -0.4 is 5.32 Å². The molecule has 3 aromatic rings. The lowest BCUT2D eigenvalue weighted by Crippen LogP contribution is -2.16. The molecule has 3 rings (SSSR count). The second-order valence-electron chi connectivity index (χ2n) is 4.21. The number of fused-ring (bicyclic) bond motifs is 1. The van der Waals surface area contributed by atoms with Gasteiger partial charge in [0.25, 0.3) is 0 Å². The minimum atomic E-state index is 0.0554. The molecule has 0 fully saturated rings. The fourth-order valence-electron chi connectivity index (χ4n) is 2.01. The molecule has 90 valence electrons. The van der Waals surface area contributed by atoms with Crippen LogP contribution in [-0.2, 0) is 0 Å². The number of hydrogen-bond donors (Lipinski definition) is 1. The molecule has 0 aliphatic heterocycles. The number of nitrogens with one attached hydrogen (secondary N) is 1. The van der Waals surface area contributed by atoms with Crippen LogP contribution in [0.3, 0.4) is 0 Å². The van der Waals surface area contributed by atoms with Gasteiger partial charge in [0.1, 0.15) is 11.7 Å². The third-order valence-corrected chi connectivity index (χ3v) is 2.89. The predicted molar refractivity (Wildman–Crippen MR) is 72.3 cm³/mol. The highest BCUT2D eigenvalue weighted by Gasteiger charge is 2.09. The molecule has 1 unspecified atom stereocenters. The van der Waals surface area contributed by atoms with Gasteiger partial charge in [0.15, 0.2) is 0 Å². The van der Waals surface area contributed by atoms with Crippen molar-refractivity contribution < 1.29 is 0 Å². The van der Waals surface area contributed by atoms with Gasteiger partial charge in [0.05, 0.1) is 5.52 Å². The fraction of sp³-hybridized carbons (Fsp3) is 0.143. The maximum absolute atomic E-state index is 4.20. The number of nitrogens with zero attached hydrogens (tertiary/aromatic N) is 3. The fourth-order valence-corrected chi connectivity index (χ4v) is 2.01. The van der Waals surface area contributed by atoms with Gasteiger partial charge in [0.2, 0.25) is 0 Å². The van der Waals surface area contributed by atoms with E-state index in [-0.39, 0.29) is 6.17 Å². The first-order chi connectivity index (χ1) is 8.84. The maximum Gasteiger partial charge on any atom is 0.120 e. The normalized spacial score (nSPS) is 12.5. The van der Waals surface area contributed by atoms with Crippen molar-refractivity contribution in [3.05, 3.63) is 54.6 Å². The molecular formula is C14H14N4. The summed E-state index contributed by atoms with van der Waals surface area (Å²) in [4.78, 5) is 0. The van der Waals surface area contributed by atoms with Gasteiger partial charge in [-0.1, -0.05) is 35.5 Å². The average Bonchev–Trinajstić information content (AvgIpc) is 2.84. The lowest BCUT2D eigenvalue weighted by atomic mass is 10.3. The van der Waals surface area contributed by atoms with Crippen LogP contribution in [-0.4, -0.2) is 15.0 Å². The number of anilines is 1. The molecule has 1 N–H and O–H groups in total. The highest BCUT2D eigenvalue weighted by atomic mass is 15.5. The zero-order chi connectivity index (χ0) is 12.4. The summed E-state index contributed by atoms with van der Waals surface area (Å²) in [7, 11) is 0. The van der Waals surface area contributed by atoms with E-state index in [0.29, 0.717) is 0 Å². The maximum atomic E-state index is 4.20. The molecule has 4 heteroatoms. The molecule has 0 saturated heterocycles. The summed E-state index contributed by atoms with van der Waals surface area (Å²) in [5.41, 5.74) is 3.03. The summed E-state index contributed by atoms with van der Waals surface area (Å²) in [6, 6.07) is 18.1. The molecule has 2 aromatic carbocycles. The molecule has 0 amide bonds. The van der Waals surface area contributed by atoms with Crippen molar-refractivity contribution in [3.63, 3.8) is 0 Å². The van der Waals surface area contributed by atoms with Crippen molar-refractivity contribution >= 4 is 16.7 Å². The Labute approximate surface area is 105 Å².